The van der Waals surface area contributed by atoms with Crippen LogP contribution in [0.2, 0.25) is 0 Å². The van der Waals surface area contributed by atoms with Gasteiger partial charge in [-0.05, 0) is 54.3 Å². The van der Waals surface area contributed by atoms with Crippen molar-refractivity contribution in [2.45, 2.75) is 52.0 Å². The van der Waals surface area contributed by atoms with Crippen LogP contribution >= 0.6 is 0 Å². The minimum atomic E-state index is -0.115. The van der Waals surface area contributed by atoms with E-state index in [1.807, 2.05) is 38.4 Å². The van der Waals surface area contributed by atoms with Crippen molar-refractivity contribution >= 4 is 5.91 Å². The molecular formula is C25H36N2O2. The number of nitrogens with one attached hydrogen (secondary N) is 1. The van der Waals surface area contributed by atoms with Crippen LogP contribution in [0.15, 0.2) is 48.5 Å². The van der Waals surface area contributed by atoms with Crippen LogP contribution in [-0.2, 0) is 10.2 Å². The Balaban J connectivity index is 1.90. The Hall–Kier alpha value is -2.33. The molecule has 4 nitrogen and oxygen atoms in total. The minimum Gasteiger partial charge on any atom is -0.484 e. The van der Waals surface area contributed by atoms with Crippen LogP contribution in [0.1, 0.15) is 63.3 Å². The highest BCUT2D eigenvalue weighted by Gasteiger charge is 2.18. The number of carbonyl (C=O) groups excluding carboxylic acids is 1. The average molecular weight is 397 g/mol. The molecule has 2 aromatic rings. The van der Waals surface area contributed by atoms with Gasteiger partial charge in [0.25, 0.3) is 5.91 Å². The van der Waals surface area contributed by atoms with Gasteiger partial charge in [-0.15, -0.1) is 0 Å². The summed E-state index contributed by atoms with van der Waals surface area (Å²) in [6, 6.07) is 16.7. The normalized spacial score (nSPS) is 12.9. The zero-order chi connectivity index (χ0) is 21.6. The van der Waals surface area contributed by atoms with Crippen molar-refractivity contribution in [2.24, 2.45) is 0 Å². The number of likely N-dealkylation sites (N-methyl/N-ethyl adjacent to an activating group) is 1. The number of amides is 1. The van der Waals surface area contributed by atoms with Crippen molar-refractivity contribution in [3.63, 3.8) is 0 Å². The van der Waals surface area contributed by atoms with Crippen molar-refractivity contribution in [1.82, 2.24) is 10.2 Å². The maximum Gasteiger partial charge on any atom is 0.258 e. The average Bonchev–Trinajstić information content (AvgIpc) is 2.66. The molecule has 0 aromatic heterocycles. The number of ether oxygens (including phenoxy) is 1. The van der Waals surface area contributed by atoms with Crippen LogP contribution in [0.5, 0.6) is 5.75 Å². The molecule has 0 heterocycles. The zero-order valence-electron chi connectivity index (χ0n) is 19.0. The first-order valence-corrected chi connectivity index (χ1v) is 10.3. The van der Waals surface area contributed by atoms with E-state index in [1.54, 1.807) is 0 Å². The summed E-state index contributed by atoms with van der Waals surface area (Å²) < 4.78 is 5.63. The second-order valence-electron chi connectivity index (χ2n) is 9.17. The van der Waals surface area contributed by atoms with Crippen LogP contribution in [-0.4, -0.2) is 38.1 Å². The van der Waals surface area contributed by atoms with Crippen LogP contribution in [0.25, 0.3) is 0 Å². The van der Waals surface area contributed by atoms with Gasteiger partial charge in [0.15, 0.2) is 6.61 Å². The first-order valence-electron chi connectivity index (χ1n) is 10.3. The van der Waals surface area contributed by atoms with Gasteiger partial charge in [-0.25, -0.2) is 0 Å². The van der Waals surface area contributed by atoms with Crippen molar-refractivity contribution in [3.8, 4) is 5.75 Å². The van der Waals surface area contributed by atoms with Gasteiger partial charge in [0, 0.05) is 6.54 Å². The molecule has 1 amide bonds. The molecule has 0 aliphatic heterocycles. The van der Waals surface area contributed by atoms with E-state index in [2.05, 4.69) is 69.1 Å². The fourth-order valence-electron chi connectivity index (χ4n) is 3.16. The molecular weight excluding hydrogens is 360 g/mol. The summed E-state index contributed by atoms with van der Waals surface area (Å²) in [6.45, 7) is 11.5. The predicted molar refractivity (Wildman–Crippen MR) is 121 cm³/mol. The van der Waals surface area contributed by atoms with Crippen LogP contribution in [0.3, 0.4) is 0 Å². The molecule has 29 heavy (non-hydrogen) atoms. The molecule has 0 bridgehead atoms. The van der Waals surface area contributed by atoms with E-state index in [0.717, 1.165) is 0 Å². The molecule has 0 aliphatic carbocycles. The number of nitrogens with zero attached hydrogens (tertiary/aromatic N) is 1. The Morgan fingerprint density at radius 2 is 1.52 bits per heavy atom. The number of rotatable bonds is 8. The van der Waals surface area contributed by atoms with E-state index >= 15 is 0 Å². The van der Waals surface area contributed by atoms with Crippen LogP contribution in [0.4, 0.5) is 0 Å². The van der Waals surface area contributed by atoms with Gasteiger partial charge >= 0.3 is 0 Å². The smallest absolute Gasteiger partial charge is 0.258 e. The van der Waals surface area contributed by atoms with Gasteiger partial charge in [0.05, 0.1) is 6.04 Å². The molecule has 2 rings (SSSR count). The lowest BCUT2D eigenvalue weighted by atomic mass is 9.86. The number of benzene rings is 2. The Labute approximate surface area is 176 Å². The van der Waals surface area contributed by atoms with Gasteiger partial charge in [0.2, 0.25) is 0 Å². The molecule has 0 radical (unpaired) electrons. The molecule has 1 atom stereocenters. The highest BCUT2D eigenvalue weighted by molar-refractivity contribution is 5.77. The summed E-state index contributed by atoms with van der Waals surface area (Å²) in [5.41, 5.74) is 3.88. The molecule has 0 spiro atoms. The quantitative estimate of drug-likeness (QED) is 0.690. The molecule has 0 unspecified atom stereocenters. The lowest BCUT2D eigenvalue weighted by Crippen LogP contribution is -2.36. The Kier molecular flexibility index (Phi) is 7.86. The van der Waals surface area contributed by atoms with Gasteiger partial charge in [-0.3, -0.25) is 4.79 Å². The van der Waals surface area contributed by atoms with E-state index in [-0.39, 0.29) is 24.0 Å². The topological polar surface area (TPSA) is 41.6 Å². The number of carbonyl (C=O) groups is 1. The summed E-state index contributed by atoms with van der Waals surface area (Å²) in [6.07, 6.45) is 0. The van der Waals surface area contributed by atoms with Crippen molar-refractivity contribution < 1.29 is 9.53 Å². The van der Waals surface area contributed by atoms with Gasteiger partial charge in [-0.1, -0.05) is 71.0 Å². The van der Waals surface area contributed by atoms with Crippen molar-refractivity contribution in [1.29, 1.82) is 0 Å². The standard InChI is InChI=1S/C25H36N2O2/c1-18(2)19-10-14-22(15-11-19)29-17-24(28)26-16-23(27(6)7)20-8-12-21(13-9-20)25(3,4)5/h8-15,18,23H,16-17H2,1-7H3,(H,26,28)/t23-/m1/s1. The first-order chi connectivity index (χ1) is 13.6. The minimum absolute atomic E-state index is 0.0180. The zero-order valence-corrected chi connectivity index (χ0v) is 19.0. The third kappa shape index (κ3) is 6.90. The Bertz CT molecular complexity index is 772. The summed E-state index contributed by atoms with van der Waals surface area (Å²) in [5, 5.41) is 3.00. The van der Waals surface area contributed by atoms with Crippen molar-refractivity contribution in [3.05, 3.63) is 65.2 Å². The SMILES string of the molecule is CC(C)c1ccc(OCC(=O)NC[C@H](c2ccc(C(C)(C)C)cc2)N(C)C)cc1. The summed E-state index contributed by atoms with van der Waals surface area (Å²) in [7, 11) is 4.06. The second kappa shape index (κ2) is 9.93. The van der Waals surface area contributed by atoms with Gasteiger partial charge < -0.3 is 15.0 Å². The maximum absolute atomic E-state index is 12.3. The van der Waals surface area contributed by atoms with E-state index in [9.17, 15) is 4.79 Å². The summed E-state index contributed by atoms with van der Waals surface area (Å²) >= 11 is 0. The second-order valence-corrected chi connectivity index (χ2v) is 9.17. The Morgan fingerprint density at radius 1 is 0.966 bits per heavy atom. The largest absolute Gasteiger partial charge is 0.484 e. The van der Waals surface area contributed by atoms with Gasteiger partial charge in [0.1, 0.15) is 5.75 Å². The highest BCUT2D eigenvalue weighted by Crippen LogP contribution is 2.25. The van der Waals surface area contributed by atoms with E-state index in [4.69, 9.17) is 4.74 Å². The molecule has 1 N–H and O–H groups in total. The molecule has 0 saturated heterocycles. The molecule has 4 heteroatoms. The molecule has 0 aliphatic rings. The third-order valence-electron chi connectivity index (χ3n) is 5.19. The fourth-order valence-corrected chi connectivity index (χ4v) is 3.16. The monoisotopic (exact) mass is 396 g/mol. The van der Waals surface area contributed by atoms with E-state index in [1.165, 1.54) is 16.7 Å². The van der Waals surface area contributed by atoms with Crippen molar-refractivity contribution in [2.75, 3.05) is 27.2 Å². The van der Waals surface area contributed by atoms with Crippen LogP contribution in [0, 0.1) is 0 Å². The first kappa shape index (κ1) is 23.0. The Morgan fingerprint density at radius 3 is 2.00 bits per heavy atom. The van der Waals surface area contributed by atoms with E-state index < -0.39 is 0 Å². The molecule has 0 fully saturated rings. The fraction of sp³-hybridized carbons (Fsp3) is 0.480. The third-order valence-corrected chi connectivity index (χ3v) is 5.19. The highest BCUT2D eigenvalue weighted by atomic mass is 16.5. The summed E-state index contributed by atoms with van der Waals surface area (Å²) in [4.78, 5) is 14.4. The molecule has 2 aromatic carbocycles. The lowest BCUT2D eigenvalue weighted by Gasteiger charge is -2.26. The molecule has 158 valence electrons. The molecule has 0 saturated carbocycles. The van der Waals surface area contributed by atoms with E-state index in [0.29, 0.717) is 18.2 Å². The van der Waals surface area contributed by atoms with Crippen LogP contribution < -0.4 is 10.1 Å². The number of hydrogen-bond donors (Lipinski definition) is 1. The predicted octanol–water partition coefficient (Wildman–Crippen LogP) is 4.91. The lowest BCUT2D eigenvalue weighted by molar-refractivity contribution is -0.123. The van der Waals surface area contributed by atoms with Gasteiger partial charge in [-0.2, -0.15) is 0 Å². The number of hydrogen-bond acceptors (Lipinski definition) is 3. The maximum atomic E-state index is 12.3. The summed E-state index contributed by atoms with van der Waals surface area (Å²) in [5.74, 6) is 1.08.